The molecule has 0 aliphatic carbocycles. The number of unbranched alkanes of at least 4 members (excludes halogenated alkanes) is 1. The Morgan fingerprint density at radius 1 is 1.07 bits per heavy atom. The van der Waals surface area contributed by atoms with Crippen LogP contribution in [0.25, 0.3) is 10.9 Å². The summed E-state index contributed by atoms with van der Waals surface area (Å²) in [7, 11) is 2.11. The Kier molecular flexibility index (Phi) is 9.64. The Balaban J connectivity index is 1.26. The lowest BCUT2D eigenvalue weighted by Gasteiger charge is -2.26. The van der Waals surface area contributed by atoms with E-state index < -0.39 is 0 Å². The number of halogens is 1. The number of fused-ring (bicyclic) bond motifs is 2. The van der Waals surface area contributed by atoms with Gasteiger partial charge in [0.15, 0.2) is 0 Å². The van der Waals surface area contributed by atoms with Crippen LogP contribution in [0.2, 0.25) is 5.02 Å². The van der Waals surface area contributed by atoms with E-state index in [1.165, 1.54) is 11.1 Å². The Morgan fingerprint density at radius 2 is 1.90 bits per heavy atom. The lowest BCUT2D eigenvalue weighted by molar-refractivity contribution is 0.0711. The van der Waals surface area contributed by atoms with E-state index >= 15 is 0 Å². The average molecular weight is 590 g/mol. The molecule has 0 bridgehead atoms. The van der Waals surface area contributed by atoms with Gasteiger partial charge in [0.05, 0.1) is 6.04 Å². The monoisotopic (exact) mass is 589 g/mol. The highest BCUT2D eigenvalue weighted by atomic mass is 35.5. The molecule has 0 spiro atoms. The molecule has 216 valence electrons. The largest absolute Gasteiger partial charge is 0.508 e. The van der Waals surface area contributed by atoms with E-state index in [1.54, 1.807) is 6.07 Å². The zero-order valence-electron chi connectivity index (χ0n) is 23.9. The maximum absolute atomic E-state index is 13.9. The van der Waals surface area contributed by atoms with Crippen LogP contribution in [0.3, 0.4) is 0 Å². The highest BCUT2D eigenvalue weighted by molar-refractivity contribution is 7.80. The fourth-order valence-corrected chi connectivity index (χ4v) is 6.43. The van der Waals surface area contributed by atoms with Crippen molar-refractivity contribution >= 4 is 41.0 Å². The quantitative estimate of drug-likeness (QED) is 0.110. The summed E-state index contributed by atoms with van der Waals surface area (Å²) in [4.78, 5) is 21.6. The molecular formula is C34H40ClN3O2S. The molecule has 7 heteroatoms. The molecule has 1 amide bonds. The Labute approximate surface area is 253 Å². The predicted octanol–water partition coefficient (Wildman–Crippen LogP) is 7.82. The number of aromatic amines is 1. The summed E-state index contributed by atoms with van der Waals surface area (Å²) < 4.78 is 0. The molecule has 0 saturated carbocycles. The molecule has 2 atom stereocenters. The SMILES string of the molecule is C[C@@H](S)CC[C@@H]1c2cccc(CN(C)CCc3c[nH]c4ccc(O)cc34)c2C(=O)N1CCCCc1cccc(Cl)c1. The molecule has 1 aromatic heterocycles. The van der Waals surface area contributed by atoms with Crippen molar-refractivity contribution in [2.75, 3.05) is 20.1 Å². The fraction of sp³-hybridized carbons (Fsp3) is 0.382. The van der Waals surface area contributed by atoms with Gasteiger partial charge in [0.1, 0.15) is 5.75 Å². The second-order valence-corrected chi connectivity index (χ2v) is 12.8. The van der Waals surface area contributed by atoms with E-state index in [0.29, 0.717) is 11.8 Å². The first-order valence-electron chi connectivity index (χ1n) is 14.6. The molecule has 2 N–H and O–H groups in total. The van der Waals surface area contributed by atoms with Crippen LogP contribution in [-0.2, 0) is 19.4 Å². The number of amides is 1. The van der Waals surface area contributed by atoms with Gasteiger partial charge in [0, 0.05) is 47.3 Å². The van der Waals surface area contributed by atoms with Gasteiger partial charge in [-0.05, 0) is 103 Å². The van der Waals surface area contributed by atoms with Crippen molar-refractivity contribution < 1.29 is 9.90 Å². The maximum atomic E-state index is 13.9. The summed E-state index contributed by atoms with van der Waals surface area (Å²) in [5.74, 6) is 0.441. The van der Waals surface area contributed by atoms with Crippen molar-refractivity contribution in [3.05, 3.63) is 99.7 Å². The van der Waals surface area contributed by atoms with Crippen LogP contribution < -0.4 is 0 Å². The zero-order valence-corrected chi connectivity index (χ0v) is 25.6. The van der Waals surface area contributed by atoms with Crippen LogP contribution in [0.1, 0.15) is 71.3 Å². The molecule has 0 saturated heterocycles. The fourth-order valence-electron chi connectivity index (χ4n) is 6.07. The Bertz CT molecular complexity index is 1500. The van der Waals surface area contributed by atoms with E-state index in [1.807, 2.05) is 36.5 Å². The number of carbonyl (C=O) groups is 1. The molecule has 1 aliphatic rings. The first kappa shape index (κ1) is 29.6. The third kappa shape index (κ3) is 7.11. The molecule has 0 fully saturated rings. The van der Waals surface area contributed by atoms with Crippen molar-refractivity contribution in [3.63, 3.8) is 0 Å². The van der Waals surface area contributed by atoms with Crippen LogP contribution in [0.5, 0.6) is 5.75 Å². The van der Waals surface area contributed by atoms with Crippen molar-refractivity contribution in [2.24, 2.45) is 0 Å². The van der Waals surface area contributed by atoms with Gasteiger partial charge in [-0.15, -0.1) is 0 Å². The summed E-state index contributed by atoms with van der Waals surface area (Å²) >= 11 is 10.8. The topological polar surface area (TPSA) is 59.6 Å². The number of hydrogen-bond donors (Lipinski definition) is 3. The second kappa shape index (κ2) is 13.4. The second-order valence-electron chi connectivity index (χ2n) is 11.4. The van der Waals surface area contributed by atoms with Crippen LogP contribution in [0, 0.1) is 0 Å². The van der Waals surface area contributed by atoms with Gasteiger partial charge in [-0.3, -0.25) is 4.79 Å². The molecular weight excluding hydrogens is 550 g/mol. The average Bonchev–Trinajstić information content (AvgIpc) is 3.46. The number of carbonyl (C=O) groups excluding carboxylic acids is 1. The van der Waals surface area contributed by atoms with Crippen LogP contribution in [-0.4, -0.2) is 51.2 Å². The number of aryl methyl sites for hydroxylation is 1. The number of aromatic hydroxyl groups is 1. The summed E-state index contributed by atoms with van der Waals surface area (Å²) in [6.45, 7) is 4.42. The molecule has 5 rings (SSSR count). The number of phenols is 1. The number of rotatable bonds is 13. The van der Waals surface area contributed by atoms with Crippen LogP contribution in [0.15, 0.2) is 66.9 Å². The summed E-state index contributed by atoms with van der Waals surface area (Å²) in [6, 6.07) is 19.9. The first-order valence-corrected chi connectivity index (χ1v) is 15.5. The summed E-state index contributed by atoms with van der Waals surface area (Å²) in [6.07, 6.45) is 7.68. The van der Waals surface area contributed by atoms with E-state index in [2.05, 4.69) is 65.6 Å². The minimum absolute atomic E-state index is 0.0995. The third-order valence-corrected chi connectivity index (χ3v) is 8.70. The molecule has 3 aromatic carbocycles. The van der Waals surface area contributed by atoms with Crippen molar-refractivity contribution in [1.82, 2.24) is 14.8 Å². The van der Waals surface area contributed by atoms with Gasteiger partial charge in [-0.1, -0.05) is 48.9 Å². The molecule has 0 radical (unpaired) electrons. The van der Waals surface area contributed by atoms with Crippen molar-refractivity contribution in [1.29, 1.82) is 0 Å². The van der Waals surface area contributed by atoms with E-state index in [-0.39, 0.29) is 17.7 Å². The lowest BCUT2D eigenvalue weighted by Crippen LogP contribution is -2.30. The summed E-state index contributed by atoms with van der Waals surface area (Å²) in [5.41, 5.74) is 6.60. The predicted molar refractivity (Wildman–Crippen MR) is 172 cm³/mol. The molecule has 41 heavy (non-hydrogen) atoms. The third-order valence-electron chi connectivity index (χ3n) is 8.21. The van der Waals surface area contributed by atoms with Crippen LogP contribution >= 0.6 is 24.2 Å². The van der Waals surface area contributed by atoms with Gasteiger partial charge in [0.2, 0.25) is 0 Å². The number of likely N-dealkylation sites (N-methyl/N-ethyl adjacent to an activating group) is 1. The van der Waals surface area contributed by atoms with Gasteiger partial charge in [0.25, 0.3) is 5.91 Å². The van der Waals surface area contributed by atoms with Crippen molar-refractivity contribution in [2.45, 2.75) is 63.3 Å². The normalized spacial score (nSPS) is 15.7. The molecule has 2 heterocycles. The number of H-pyrrole nitrogens is 1. The Morgan fingerprint density at radius 3 is 2.71 bits per heavy atom. The van der Waals surface area contributed by atoms with Crippen molar-refractivity contribution in [3.8, 4) is 5.75 Å². The number of aromatic nitrogens is 1. The number of thiol groups is 1. The minimum Gasteiger partial charge on any atom is -0.508 e. The maximum Gasteiger partial charge on any atom is 0.255 e. The number of phenolic OH excluding ortho intramolecular Hbond substituents is 1. The van der Waals surface area contributed by atoms with E-state index in [9.17, 15) is 9.90 Å². The van der Waals surface area contributed by atoms with Crippen LogP contribution in [0.4, 0.5) is 0 Å². The highest BCUT2D eigenvalue weighted by Gasteiger charge is 2.37. The summed E-state index contributed by atoms with van der Waals surface area (Å²) in [5, 5.41) is 12.1. The standard InChI is InChI=1S/C34H40ClN3O2S/c1-23(41)12-15-32-29-11-6-9-26(22-37(2)18-16-25-21-36-31-14-13-28(39)20-30(25)31)33(29)34(40)38(32)17-4-3-7-24-8-5-10-27(35)19-24/h5-6,8-11,13-14,19-21,23,32,36,39,41H,3-4,7,12,15-18,22H2,1-2H3/t23-,32-/m1/s1. The van der Waals surface area contributed by atoms with Gasteiger partial charge in [-0.25, -0.2) is 0 Å². The smallest absolute Gasteiger partial charge is 0.255 e. The van der Waals surface area contributed by atoms with Gasteiger partial charge in [-0.2, -0.15) is 12.6 Å². The van der Waals surface area contributed by atoms with E-state index in [0.717, 1.165) is 84.2 Å². The molecule has 1 aliphatic heterocycles. The molecule has 5 nitrogen and oxygen atoms in total. The van der Waals surface area contributed by atoms with E-state index in [4.69, 9.17) is 11.6 Å². The number of hydrogen-bond acceptors (Lipinski definition) is 4. The highest BCUT2D eigenvalue weighted by Crippen LogP contribution is 2.39. The molecule has 0 unspecified atom stereocenters. The minimum atomic E-state index is 0.0995. The van der Waals surface area contributed by atoms with Gasteiger partial charge < -0.3 is 19.9 Å². The number of nitrogens with zero attached hydrogens (tertiary/aromatic N) is 2. The molecule has 4 aromatic rings. The van der Waals surface area contributed by atoms with Gasteiger partial charge >= 0.3 is 0 Å². The number of benzene rings is 3. The zero-order chi connectivity index (χ0) is 28.9. The lowest BCUT2D eigenvalue weighted by atomic mass is 9.96. The Hall–Kier alpha value is -2.93. The first-order chi connectivity index (χ1) is 19.8. The number of nitrogens with one attached hydrogen (secondary N) is 1.